The molecule has 0 aliphatic heterocycles. The van der Waals surface area contributed by atoms with Gasteiger partial charge in [0.15, 0.2) is 0 Å². The highest BCUT2D eigenvalue weighted by molar-refractivity contribution is 5.87. The molecule has 0 aliphatic carbocycles. The van der Waals surface area contributed by atoms with Gasteiger partial charge in [0.05, 0.1) is 5.56 Å². The number of carbonyl (C=O) groups excluding carboxylic acids is 1. The first-order valence-electron chi connectivity index (χ1n) is 6.90. The van der Waals surface area contributed by atoms with Gasteiger partial charge < -0.3 is 20.6 Å². The lowest BCUT2D eigenvalue weighted by atomic mass is 10.1. The van der Waals surface area contributed by atoms with Crippen LogP contribution in [0.25, 0.3) is 0 Å². The molecule has 116 valence electrons. The number of carboxylic acid groups (broad SMARTS) is 1. The third kappa shape index (κ3) is 6.27. The van der Waals surface area contributed by atoms with Gasteiger partial charge in [0.2, 0.25) is 0 Å². The normalized spacial score (nSPS) is 12.0. The third-order valence-electron chi connectivity index (χ3n) is 3.34. The molecule has 1 aromatic rings. The van der Waals surface area contributed by atoms with Crippen LogP contribution in [0.15, 0.2) is 24.3 Å². The second kappa shape index (κ2) is 8.26. The van der Waals surface area contributed by atoms with Gasteiger partial charge in [0.25, 0.3) is 0 Å². The highest BCUT2D eigenvalue weighted by Crippen LogP contribution is 2.04. The fraction of sp³-hybridized carbons (Fsp3) is 0.467. The molecule has 1 atom stereocenters. The summed E-state index contributed by atoms with van der Waals surface area (Å²) in [5.41, 5.74) is 1.25. The summed E-state index contributed by atoms with van der Waals surface area (Å²) in [5.74, 6) is -0.936. The molecule has 0 bridgehead atoms. The Labute approximate surface area is 125 Å². The summed E-state index contributed by atoms with van der Waals surface area (Å²) in [6, 6.07) is 6.74. The summed E-state index contributed by atoms with van der Waals surface area (Å²) in [4.78, 5) is 24.3. The zero-order chi connectivity index (χ0) is 15.8. The van der Waals surface area contributed by atoms with Crippen LogP contribution in [-0.4, -0.2) is 55.2 Å². The maximum absolute atomic E-state index is 11.6. The SMILES string of the molecule is CC(CNC(=O)NCCc1ccc(C(=O)O)cc1)N(C)C. The number of benzene rings is 1. The van der Waals surface area contributed by atoms with Crippen molar-refractivity contribution in [1.82, 2.24) is 15.5 Å². The van der Waals surface area contributed by atoms with Crippen molar-refractivity contribution < 1.29 is 14.7 Å². The second-order valence-corrected chi connectivity index (χ2v) is 5.20. The van der Waals surface area contributed by atoms with E-state index in [2.05, 4.69) is 10.6 Å². The first-order valence-corrected chi connectivity index (χ1v) is 6.90. The molecule has 0 aliphatic rings. The molecule has 6 nitrogen and oxygen atoms in total. The van der Waals surface area contributed by atoms with Crippen molar-refractivity contribution in [2.24, 2.45) is 0 Å². The average Bonchev–Trinajstić information content (AvgIpc) is 2.45. The van der Waals surface area contributed by atoms with Crippen molar-refractivity contribution in [2.45, 2.75) is 19.4 Å². The van der Waals surface area contributed by atoms with Gasteiger partial charge in [-0.3, -0.25) is 0 Å². The van der Waals surface area contributed by atoms with Gasteiger partial charge in [-0.2, -0.15) is 0 Å². The van der Waals surface area contributed by atoms with Crippen LogP contribution in [0.5, 0.6) is 0 Å². The summed E-state index contributed by atoms with van der Waals surface area (Å²) < 4.78 is 0. The molecular weight excluding hydrogens is 270 g/mol. The van der Waals surface area contributed by atoms with Crippen LogP contribution < -0.4 is 10.6 Å². The molecule has 0 spiro atoms. The highest BCUT2D eigenvalue weighted by Gasteiger charge is 2.06. The monoisotopic (exact) mass is 293 g/mol. The van der Waals surface area contributed by atoms with Crippen molar-refractivity contribution in [2.75, 3.05) is 27.2 Å². The van der Waals surface area contributed by atoms with Gasteiger partial charge >= 0.3 is 12.0 Å². The Hall–Kier alpha value is -2.08. The minimum absolute atomic E-state index is 0.189. The Morgan fingerprint density at radius 3 is 2.33 bits per heavy atom. The Balaban J connectivity index is 2.26. The van der Waals surface area contributed by atoms with Gasteiger partial charge in [-0.25, -0.2) is 9.59 Å². The van der Waals surface area contributed by atoms with E-state index in [0.29, 0.717) is 19.5 Å². The second-order valence-electron chi connectivity index (χ2n) is 5.20. The van der Waals surface area contributed by atoms with Crippen LogP contribution in [0.2, 0.25) is 0 Å². The standard InChI is InChI=1S/C15H23N3O3/c1-11(18(2)3)10-17-15(21)16-9-8-12-4-6-13(7-5-12)14(19)20/h4-7,11H,8-10H2,1-3H3,(H,19,20)(H2,16,17,21). The molecule has 0 saturated carbocycles. The van der Waals surface area contributed by atoms with E-state index in [1.54, 1.807) is 24.3 Å². The Bertz CT molecular complexity index is 472. The van der Waals surface area contributed by atoms with Crippen LogP contribution in [-0.2, 0) is 6.42 Å². The summed E-state index contributed by atoms with van der Waals surface area (Å²) in [7, 11) is 3.93. The molecule has 1 rings (SSSR count). The van der Waals surface area contributed by atoms with Gasteiger partial charge in [-0.05, 0) is 45.1 Å². The van der Waals surface area contributed by atoms with Crippen LogP contribution in [0, 0.1) is 0 Å². The molecule has 0 fully saturated rings. The number of nitrogens with one attached hydrogen (secondary N) is 2. The molecule has 0 aromatic heterocycles. The van der Waals surface area contributed by atoms with Crippen LogP contribution in [0.1, 0.15) is 22.8 Å². The Morgan fingerprint density at radius 2 is 1.81 bits per heavy atom. The first kappa shape index (κ1) is 17.0. The predicted octanol–water partition coefficient (Wildman–Crippen LogP) is 1.18. The van der Waals surface area contributed by atoms with E-state index >= 15 is 0 Å². The molecule has 6 heteroatoms. The number of hydrogen-bond acceptors (Lipinski definition) is 3. The number of aromatic carboxylic acids is 1. The number of carbonyl (C=O) groups is 2. The van der Waals surface area contributed by atoms with Gasteiger partial charge in [0.1, 0.15) is 0 Å². The van der Waals surface area contributed by atoms with Gasteiger partial charge in [-0.15, -0.1) is 0 Å². The minimum atomic E-state index is -0.936. The van der Waals surface area contributed by atoms with Gasteiger partial charge in [0, 0.05) is 19.1 Å². The number of amides is 2. The average molecular weight is 293 g/mol. The number of nitrogens with zero attached hydrogens (tertiary/aromatic N) is 1. The largest absolute Gasteiger partial charge is 0.478 e. The van der Waals surface area contributed by atoms with Crippen LogP contribution >= 0.6 is 0 Å². The van der Waals surface area contributed by atoms with Crippen molar-refractivity contribution >= 4 is 12.0 Å². The summed E-state index contributed by atoms with van der Waals surface area (Å²) >= 11 is 0. The molecule has 0 radical (unpaired) electrons. The number of likely N-dealkylation sites (N-methyl/N-ethyl adjacent to an activating group) is 1. The number of carboxylic acids is 1. The summed E-state index contributed by atoms with van der Waals surface area (Å²) in [5, 5.41) is 14.4. The minimum Gasteiger partial charge on any atom is -0.478 e. The zero-order valence-corrected chi connectivity index (χ0v) is 12.7. The zero-order valence-electron chi connectivity index (χ0n) is 12.7. The topological polar surface area (TPSA) is 81.7 Å². The van der Waals surface area contributed by atoms with Crippen molar-refractivity contribution in [3.8, 4) is 0 Å². The highest BCUT2D eigenvalue weighted by atomic mass is 16.4. The number of urea groups is 1. The van der Waals surface area contributed by atoms with E-state index in [-0.39, 0.29) is 17.6 Å². The van der Waals surface area contributed by atoms with Crippen molar-refractivity contribution in [3.63, 3.8) is 0 Å². The first-order chi connectivity index (χ1) is 9.90. The fourth-order valence-corrected chi connectivity index (χ4v) is 1.62. The maximum Gasteiger partial charge on any atom is 0.335 e. The predicted molar refractivity (Wildman–Crippen MR) is 81.7 cm³/mol. The number of rotatable bonds is 7. The molecule has 0 saturated heterocycles. The van der Waals surface area contributed by atoms with Crippen LogP contribution in [0.3, 0.4) is 0 Å². The quantitative estimate of drug-likeness (QED) is 0.705. The van der Waals surface area contributed by atoms with Crippen molar-refractivity contribution in [3.05, 3.63) is 35.4 Å². The Morgan fingerprint density at radius 1 is 1.19 bits per heavy atom. The molecule has 2 amide bonds. The Kier molecular flexibility index (Phi) is 6.68. The van der Waals surface area contributed by atoms with E-state index in [9.17, 15) is 9.59 Å². The molecular formula is C15H23N3O3. The lowest BCUT2D eigenvalue weighted by molar-refractivity contribution is 0.0697. The molecule has 1 unspecified atom stereocenters. The molecule has 21 heavy (non-hydrogen) atoms. The lowest BCUT2D eigenvalue weighted by Crippen LogP contribution is -2.43. The molecule has 0 heterocycles. The van der Waals surface area contributed by atoms with E-state index in [4.69, 9.17) is 5.11 Å². The number of hydrogen-bond donors (Lipinski definition) is 3. The van der Waals surface area contributed by atoms with Gasteiger partial charge in [-0.1, -0.05) is 12.1 Å². The van der Waals surface area contributed by atoms with E-state index in [0.717, 1.165) is 5.56 Å². The third-order valence-corrected chi connectivity index (χ3v) is 3.34. The van der Waals surface area contributed by atoms with Crippen LogP contribution in [0.4, 0.5) is 4.79 Å². The smallest absolute Gasteiger partial charge is 0.335 e. The molecule has 3 N–H and O–H groups in total. The molecule has 1 aromatic carbocycles. The van der Waals surface area contributed by atoms with Crippen molar-refractivity contribution in [1.29, 1.82) is 0 Å². The lowest BCUT2D eigenvalue weighted by Gasteiger charge is -2.20. The summed E-state index contributed by atoms with van der Waals surface area (Å²) in [6.07, 6.45) is 0.663. The summed E-state index contributed by atoms with van der Waals surface area (Å²) in [6.45, 7) is 3.13. The van der Waals surface area contributed by atoms with E-state index < -0.39 is 5.97 Å². The maximum atomic E-state index is 11.6. The fourth-order valence-electron chi connectivity index (χ4n) is 1.62. The van der Waals surface area contributed by atoms with E-state index in [1.165, 1.54) is 0 Å². The van der Waals surface area contributed by atoms with E-state index in [1.807, 2.05) is 25.9 Å².